The molecule has 0 radical (unpaired) electrons. The van der Waals surface area contributed by atoms with E-state index in [0.717, 1.165) is 4.90 Å². The molecule has 11 nitrogen and oxygen atoms in total. The second-order valence-corrected chi connectivity index (χ2v) is 5.28. The van der Waals surface area contributed by atoms with E-state index >= 15 is 0 Å². The maximum atomic E-state index is 10.3. The number of nitrogens with zero attached hydrogens (tertiary/aromatic N) is 4. The number of amides is 1. The van der Waals surface area contributed by atoms with Gasteiger partial charge in [-0.25, -0.2) is 15.0 Å². The van der Waals surface area contributed by atoms with Crippen LogP contribution in [0.4, 0.5) is 0 Å². The van der Waals surface area contributed by atoms with Gasteiger partial charge in [-0.2, -0.15) is 0 Å². The molecule has 0 spiro atoms. The number of likely N-dealkylation sites (N-methyl/N-ethyl adjacent to an activating group) is 1. The minimum absolute atomic E-state index is 0.345. The quantitative estimate of drug-likeness (QED) is 0.232. The third-order valence-electron chi connectivity index (χ3n) is 3.33. The van der Waals surface area contributed by atoms with E-state index in [0.29, 0.717) is 22.7 Å². The smallest absolute Gasteiger partial charge is 0.211 e. The molecule has 1 aliphatic heterocycles. The fourth-order valence-corrected chi connectivity index (χ4v) is 2.14. The maximum Gasteiger partial charge on any atom is 0.211 e. The van der Waals surface area contributed by atoms with Crippen LogP contribution < -0.4 is 0 Å². The molecule has 2 aromatic heterocycles. The van der Waals surface area contributed by atoms with Crippen LogP contribution in [-0.2, 0) is 9.53 Å². The summed E-state index contributed by atoms with van der Waals surface area (Å²) in [6.07, 6.45) is -3.82. The highest BCUT2D eigenvalue weighted by atomic mass is 35.5. The summed E-state index contributed by atoms with van der Waals surface area (Å²) in [7, 11) is 1.28. The number of aromatic amines is 1. The number of carbonyl (C=O) groups excluding carboxylic acids is 1. The number of H-pyrrole nitrogens is 1. The van der Waals surface area contributed by atoms with Crippen LogP contribution in [0.5, 0.6) is 0 Å². The van der Waals surface area contributed by atoms with Crippen LogP contribution in [0.15, 0.2) is 12.7 Å². The molecule has 0 aromatic carbocycles. The molecule has 1 amide bonds. The van der Waals surface area contributed by atoms with Gasteiger partial charge in [-0.3, -0.25) is 4.79 Å². The summed E-state index contributed by atoms with van der Waals surface area (Å²) in [5.41, 5.74) is 1.28. The standard InChI is InChI=1S/C7H13NO6.C5H3ClN4/c1-8(2-9)6(12)5-3(10)4(11)7(13)14-5;6-4-3-5(9-1-7-3)10-2-8-4/h2-7,10-13H,1H3;1-2H,(H,7,8,9,10)/t3-,4+,5-,6?,7?;/m0./s1. The summed E-state index contributed by atoms with van der Waals surface area (Å²) in [5.74, 6) is 0. The summed E-state index contributed by atoms with van der Waals surface area (Å²) >= 11 is 5.68. The number of rotatable bonds is 3. The summed E-state index contributed by atoms with van der Waals surface area (Å²) < 4.78 is 4.68. The normalized spacial score (nSPS) is 27.4. The highest BCUT2D eigenvalue weighted by Gasteiger charge is 2.46. The molecular formula is C12H16ClN5O6. The van der Waals surface area contributed by atoms with Gasteiger partial charge in [-0.1, -0.05) is 11.6 Å². The van der Waals surface area contributed by atoms with Crippen molar-refractivity contribution in [1.82, 2.24) is 24.8 Å². The number of ether oxygens (including phenoxy) is 1. The predicted molar refractivity (Wildman–Crippen MR) is 79.4 cm³/mol. The molecule has 5 N–H and O–H groups in total. The Morgan fingerprint density at radius 1 is 1.33 bits per heavy atom. The first-order chi connectivity index (χ1) is 11.4. The van der Waals surface area contributed by atoms with Gasteiger partial charge >= 0.3 is 0 Å². The molecule has 24 heavy (non-hydrogen) atoms. The number of carbonyl (C=O) groups is 1. The van der Waals surface area contributed by atoms with Gasteiger partial charge in [0.05, 0.1) is 6.33 Å². The van der Waals surface area contributed by atoms with Crippen LogP contribution in [-0.4, -0.2) is 89.5 Å². The van der Waals surface area contributed by atoms with Gasteiger partial charge in [0, 0.05) is 7.05 Å². The number of nitrogens with one attached hydrogen (secondary N) is 1. The van der Waals surface area contributed by atoms with E-state index in [-0.39, 0.29) is 0 Å². The van der Waals surface area contributed by atoms with E-state index in [1.807, 2.05) is 0 Å². The van der Waals surface area contributed by atoms with E-state index in [1.54, 1.807) is 0 Å². The summed E-state index contributed by atoms with van der Waals surface area (Å²) in [4.78, 5) is 25.5. The Hall–Kier alpha value is -1.89. The monoisotopic (exact) mass is 361 g/mol. The zero-order chi connectivity index (χ0) is 17.9. The molecule has 0 aliphatic carbocycles. The van der Waals surface area contributed by atoms with E-state index in [9.17, 15) is 15.0 Å². The minimum atomic E-state index is -1.55. The van der Waals surface area contributed by atoms with Crippen molar-refractivity contribution < 1.29 is 30.0 Å². The molecule has 132 valence electrons. The third kappa shape index (κ3) is 3.77. The number of aromatic nitrogens is 4. The number of halogens is 1. The van der Waals surface area contributed by atoms with Crippen LogP contribution in [0.1, 0.15) is 0 Å². The van der Waals surface area contributed by atoms with Crippen molar-refractivity contribution in [1.29, 1.82) is 0 Å². The van der Waals surface area contributed by atoms with E-state index in [1.165, 1.54) is 19.7 Å². The molecule has 3 rings (SSSR count). The molecular weight excluding hydrogens is 346 g/mol. The second kappa shape index (κ2) is 7.79. The Morgan fingerprint density at radius 2 is 2.04 bits per heavy atom. The van der Waals surface area contributed by atoms with Gasteiger partial charge in [0.15, 0.2) is 23.3 Å². The number of aliphatic hydroxyl groups excluding tert-OH is 4. The Morgan fingerprint density at radius 3 is 2.58 bits per heavy atom. The highest BCUT2D eigenvalue weighted by Crippen LogP contribution is 2.22. The molecule has 0 bridgehead atoms. The summed E-state index contributed by atoms with van der Waals surface area (Å²) in [6, 6.07) is 0. The fourth-order valence-electron chi connectivity index (χ4n) is 1.96. The fraction of sp³-hybridized carbons (Fsp3) is 0.500. The van der Waals surface area contributed by atoms with Crippen molar-refractivity contribution in [2.75, 3.05) is 7.05 Å². The van der Waals surface area contributed by atoms with Crippen LogP contribution in [0.2, 0.25) is 5.15 Å². The molecule has 5 atom stereocenters. The topological polar surface area (TPSA) is 165 Å². The molecule has 1 saturated heterocycles. The molecule has 2 unspecified atom stereocenters. The van der Waals surface area contributed by atoms with Gasteiger partial charge in [0.25, 0.3) is 0 Å². The first kappa shape index (κ1) is 18.4. The van der Waals surface area contributed by atoms with Crippen molar-refractivity contribution in [3.8, 4) is 0 Å². The van der Waals surface area contributed by atoms with Gasteiger partial charge in [-0.15, -0.1) is 0 Å². The van der Waals surface area contributed by atoms with Crippen LogP contribution >= 0.6 is 11.6 Å². The van der Waals surface area contributed by atoms with Crippen molar-refractivity contribution in [2.24, 2.45) is 0 Å². The maximum absolute atomic E-state index is 10.3. The largest absolute Gasteiger partial charge is 0.387 e. The zero-order valence-corrected chi connectivity index (χ0v) is 13.1. The lowest BCUT2D eigenvalue weighted by atomic mass is 10.1. The molecule has 1 aliphatic rings. The van der Waals surface area contributed by atoms with E-state index in [4.69, 9.17) is 21.8 Å². The summed E-state index contributed by atoms with van der Waals surface area (Å²) in [5, 5.41) is 37.2. The Labute approximate surface area is 140 Å². The number of fused-ring (bicyclic) bond motifs is 1. The van der Waals surface area contributed by atoms with Gasteiger partial charge in [-0.05, 0) is 0 Å². The van der Waals surface area contributed by atoms with Gasteiger partial charge < -0.3 is 35.0 Å². The lowest BCUT2D eigenvalue weighted by molar-refractivity contribution is -0.171. The highest BCUT2D eigenvalue weighted by molar-refractivity contribution is 6.33. The van der Waals surface area contributed by atoms with Crippen LogP contribution in [0.3, 0.4) is 0 Å². The average Bonchev–Trinajstić information content (AvgIpc) is 3.16. The predicted octanol–water partition coefficient (Wildman–Crippen LogP) is -2.16. The Balaban J connectivity index is 0.000000182. The van der Waals surface area contributed by atoms with Crippen molar-refractivity contribution in [3.63, 3.8) is 0 Å². The van der Waals surface area contributed by atoms with Gasteiger partial charge in [0.2, 0.25) is 6.41 Å². The van der Waals surface area contributed by atoms with Crippen LogP contribution in [0, 0.1) is 0 Å². The molecule has 3 heterocycles. The summed E-state index contributed by atoms with van der Waals surface area (Å²) in [6.45, 7) is 0. The zero-order valence-electron chi connectivity index (χ0n) is 12.4. The Bertz CT molecular complexity index is 687. The number of hydrogen-bond acceptors (Lipinski definition) is 9. The lowest BCUT2D eigenvalue weighted by Gasteiger charge is -2.26. The second-order valence-electron chi connectivity index (χ2n) is 4.92. The molecule has 1 fully saturated rings. The molecule has 2 aromatic rings. The third-order valence-corrected chi connectivity index (χ3v) is 3.62. The lowest BCUT2D eigenvalue weighted by Crippen LogP contribution is -2.46. The molecule has 0 saturated carbocycles. The van der Waals surface area contributed by atoms with Crippen molar-refractivity contribution >= 4 is 29.2 Å². The average molecular weight is 362 g/mol. The van der Waals surface area contributed by atoms with E-state index < -0.39 is 30.8 Å². The SMILES string of the molecule is CN(C=O)C(O)[C@H]1OC(O)[C@H](O)[C@@H]1O.Clc1ncnc2nc[nH]c12. The first-order valence-corrected chi connectivity index (χ1v) is 7.09. The van der Waals surface area contributed by atoms with Gasteiger partial charge in [0.1, 0.15) is 30.2 Å². The van der Waals surface area contributed by atoms with Crippen LogP contribution in [0.25, 0.3) is 11.2 Å². The Kier molecular flexibility index (Phi) is 5.99. The molecule has 12 heteroatoms. The number of aliphatic hydroxyl groups is 4. The first-order valence-electron chi connectivity index (χ1n) is 6.71. The van der Waals surface area contributed by atoms with Crippen molar-refractivity contribution in [2.45, 2.75) is 30.8 Å². The van der Waals surface area contributed by atoms with Crippen molar-refractivity contribution in [3.05, 3.63) is 17.8 Å². The number of hydrogen-bond donors (Lipinski definition) is 5. The minimum Gasteiger partial charge on any atom is -0.387 e. The van der Waals surface area contributed by atoms with E-state index in [2.05, 4.69) is 24.7 Å². The number of imidazole rings is 1.